The number of carbonyl (C=O) groups is 1. The van der Waals surface area contributed by atoms with Crippen LogP contribution in [0.15, 0.2) is 42.5 Å². The lowest BCUT2D eigenvalue weighted by molar-refractivity contribution is -0.120. The Hall–Kier alpha value is -2.50. The second-order valence-corrected chi connectivity index (χ2v) is 6.31. The third-order valence-corrected chi connectivity index (χ3v) is 4.40. The molecule has 0 aliphatic carbocycles. The summed E-state index contributed by atoms with van der Waals surface area (Å²) in [5.74, 6) is -1.99. The smallest absolute Gasteiger partial charge is 0.224 e. The maximum atomic E-state index is 13.3. The average Bonchev–Trinajstić information content (AvgIpc) is 3.04. The number of rotatable bonds is 5. The minimum absolute atomic E-state index is 0.136. The predicted molar refractivity (Wildman–Crippen MR) is 89.8 cm³/mol. The van der Waals surface area contributed by atoms with Crippen molar-refractivity contribution in [3.63, 3.8) is 0 Å². The molecule has 3 rings (SSSR count). The van der Waals surface area contributed by atoms with Gasteiger partial charge in [-0.2, -0.15) is 0 Å². The van der Waals surface area contributed by atoms with Crippen molar-refractivity contribution in [1.82, 2.24) is 5.32 Å². The lowest BCUT2D eigenvalue weighted by Crippen LogP contribution is -2.32. The Labute approximate surface area is 144 Å². The molecule has 0 saturated carbocycles. The first kappa shape index (κ1) is 17.3. The predicted octanol–water partition coefficient (Wildman–Crippen LogP) is 3.29. The van der Waals surface area contributed by atoms with E-state index in [0.717, 1.165) is 19.0 Å². The number of benzene rings is 2. The van der Waals surface area contributed by atoms with E-state index in [1.54, 1.807) is 18.2 Å². The maximum Gasteiger partial charge on any atom is 0.224 e. The molecule has 3 nitrogen and oxygen atoms in total. The zero-order valence-electron chi connectivity index (χ0n) is 13.6. The van der Waals surface area contributed by atoms with E-state index >= 15 is 0 Å². The molecule has 0 spiro atoms. The van der Waals surface area contributed by atoms with E-state index in [1.807, 2.05) is 4.90 Å². The minimum Gasteiger partial charge on any atom is -0.371 e. The molecule has 1 atom stereocenters. The summed E-state index contributed by atoms with van der Waals surface area (Å²) in [5, 5.41) is 2.86. The van der Waals surface area contributed by atoms with Crippen LogP contribution in [-0.2, 0) is 11.2 Å². The van der Waals surface area contributed by atoms with Crippen molar-refractivity contribution in [2.24, 2.45) is 5.92 Å². The highest BCUT2D eigenvalue weighted by Gasteiger charge is 2.23. The first-order valence-electron chi connectivity index (χ1n) is 8.22. The summed E-state index contributed by atoms with van der Waals surface area (Å²) in [4.78, 5) is 14.0. The molecule has 2 aromatic rings. The Morgan fingerprint density at radius 1 is 1.12 bits per heavy atom. The van der Waals surface area contributed by atoms with Crippen LogP contribution in [0.3, 0.4) is 0 Å². The summed E-state index contributed by atoms with van der Waals surface area (Å²) < 4.78 is 39.5. The molecule has 1 amide bonds. The van der Waals surface area contributed by atoms with E-state index in [9.17, 15) is 18.0 Å². The molecule has 1 aliphatic rings. The van der Waals surface area contributed by atoms with Gasteiger partial charge in [-0.05, 0) is 42.2 Å². The van der Waals surface area contributed by atoms with Crippen molar-refractivity contribution >= 4 is 11.6 Å². The highest BCUT2D eigenvalue weighted by molar-refractivity contribution is 5.78. The standard InChI is InChI=1S/C19H19F3N2O/c20-15-3-1-2-13(8-15)9-19(25)23-11-14-6-7-24(12-14)16-4-5-17(21)18(22)10-16/h1-5,8,10,14H,6-7,9,11-12H2,(H,23,25). The summed E-state index contributed by atoms with van der Waals surface area (Å²) in [7, 11) is 0. The van der Waals surface area contributed by atoms with Gasteiger partial charge in [-0.1, -0.05) is 12.1 Å². The fraction of sp³-hybridized carbons (Fsp3) is 0.316. The van der Waals surface area contributed by atoms with Crippen LogP contribution >= 0.6 is 0 Å². The lowest BCUT2D eigenvalue weighted by atomic mass is 10.1. The van der Waals surface area contributed by atoms with Crippen molar-refractivity contribution in [3.05, 3.63) is 65.5 Å². The van der Waals surface area contributed by atoms with E-state index in [-0.39, 0.29) is 24.1 Å². The van der Waals surface area contributed by atoms with Crippen LogP contribution in [0.5, 0.6) is 0 Å². The van der Waals surface area contributed by atoms with Crippen LogP contribution in [0.4, 0.5) is 18.9 Å². The number of nitrogens with one attached hydrogen (secondary N) is 1. The topological polar surface area (TPSA) is 32.3 Å². The van der Waals surface area contributed by atoms with Gasteiger partial charge in [-0.3, -0.25) is 4.79 Å². The summed E-state index contributed by atoms with van der Waals surface area (Å²) in [5.41, 5.74) is 1.28. The Balaban J connectivity index is 1.48. The normalized spacial score (nSPS) is 16.9. The third kappa shape index (κ3) is 4.53. The van der Waals surface area contributed by atoms with Crippen LogP contribution in [0.2, 0.25) is 0 Å². The van der Waals surface area contributed by atoms with E-state index in [1.165, 1.54) is 18.2 Å². The fourth-order valence-corrected chi connectivity index (χ4v) is 3.07. The van der Waals surface area contributed by atoms with Crippen molar-refractivity contribution in [3.8, 4) is 0 Å². The van der Waals surface area contributed by atoms with E-state index in [4.69, 9.17) is 0 Å². The lowest BCUT2D eigenvalue weighted by Gasteiger charge is -2.19. The quantitative estimate of drug-likeness (QED) is 0.899. The Kier molecular flexibility index (Phi) is 5.26. The van der Waals surface area contributed by atoms with Gasteiger partial charge in [0.2, 0.25) is 5.91 Å². The highest BCUT2D eigenvalue weighted by atomic mass is 19.2. The molecule has 0 radical (unpaired) electrons. The van der Waals surface area contributed by atoms with E-state index in [0.29, 0.717) is 24.3 Å². The average molecular weight is 348 g/mol. The number of hydrogen-bond acceptors (Lipinski definition) is 2. The SMILES string of the molecule is O=C(Cc1cccc(F)c1)NCC1CCN(c2ccc(F)c(F)c2)C1. The van der Waals surface area contributed by atoms with Crippen LogP contribution in [0.1, 0.15) is 12.0 Å². The molecule has 132 valence electrons. The van der Waals surface area contributed by atoms with Gasteiger partial charge in [-0.25, -0.2) is 13.2 Å². The van der Waals surface area contributed by atoms with Crippen LogP contribution in [0, 0.1) is 23.4 Å². The Morgan fingerprint density at radius 3 is 2.72 bits per heavy atom. The minimum atomic E-state index is -0.857. The first-order valence-corrected chi connectivity index (χ1v) is 8.22. The second kappa shape index (κ2) is 7.59. The van der Waals surface area contributed by atoms with Crippen molar-refractivity contribution < 1.29 is 18.0 Å². The molecule has 1 heterocycles. The van der Waals surface area contributed by atoms with Gasteiger partial charge in [0, 0.05) is 31.4 Å². The molecule has 2 aromatic carbocycles. The molecule has 0 bridgehead atoms. The molecule has 6 heteroatoms. The summed E-state index contributed by atoms with van der Waals surface area (Å²) in [6.07, 6.45) is 0.997. The summed E-state index contributed by atoms with van der Waals surface area (Å²) >= 11 is 0. The van der Waals surface area contributed by atoms with E-state index < -0.39 is 11.6 Å². The number of amides is 1. The van der Waals surface area contributed by atoms with Crippen LogP contribution < -0.4 is 10.2 Å². The highest BCUT2D eigenvalue weighted by Crippen LogP contribution is 2.25. The Bertz CT molecular complexity index is 766. The van der Waals surface area contributed by atoms with Gasteiger partial charge in [-0.15, -0.1) is 0 Å². The van der Waals surface area contributed by atoms with Gasteiger partial charge in [0.1, 0.15) is 5.82 Å². The summed E-state index contributed by atoms with van der Waals surface area (Å²) in [6, 6.07) is 9.85. The van der Waals surface area contributed by atoms with Gasteiger partial charge < -0.3 is 10.2 Å². The molecular weight excluding hydrogens is 329 g/mol. The Morgan fingerprint density at radius 2 is 1.96 bits per heavy atom. The van der Waals surface area contributed by atoms with E-state index in [2.05, 4.69) is 5.32 Å². The maximum absolute atomic E-state index is 13.3. The number of hydrogen-bond donors (Lipinski definition) is 1. The molecule has 25 heavy (non-hydrogen) atoms. The number of nitrogens with zero attached hydrogens (tertiary/aromatic N) is 1. The van der Waals surface area contributed by atoms with Crippen LogP contribution in [0.25, 0.3) is 0 Å². The zero-order chi connectivity index (χ0) is 17.8. The molecule has 1 unspecified atom stereocenters. The van der Waals surface area contributed by atoms with Gasteiger partial charge >= 0.3 is 0 Å². The molecular formula is C19H19F3N2O. The fourth-order valence-electron chi connectivity index (χ4n) is 3.07. The third-order valence-electron chi connectivity index (χ3n) is 4.40. The number of carbonyl (C=O) groups excluding carboxylic acids is 1. The largest absolute Gasteiger partial charge is 0.371 e. The van der Waals surface area contributed by atoms with Gasteiger partial charge in [0.25, 0.3) is 0 Å². The zero-order valence-corrected chi connectivity index (χ0v) is 13.6. The molecule has 1 fully saturated rings. The molecule has 1 saturated heterocycles. The van der Waals surface area contributed by atoms with Crippen molar-refractivity contribution in [1.29, 1.82) is 0 Å². The summed E-state index contributed by atoms with van der Waals surface area (Å²) in [6.45, 7) is 1.91. The molecule has 0 aromatic heterocycles. The van der Waals surface area contributed by atoms with Crippen LogP contribution in [-0.4, -0.2) is 25.5 Å². The van der Waals surface area contributed by atoms with Crippen molar-refractivity contribution in [2.45, 2.75) is 12.8 Å². The van der Waals surface area contributed by atoms with Crippen molar-refractivity contribution in [2.75, 3.05) is 24.5 Å². The second-order valence-electron chi connectivity index (χ2n) is 6.31. The number of halogens is 3. The first-order chi connectivity index (χ1) is 12.0. The van der Waals surface area contributed by atoms with Gasteiger partial charge in [0.15, 0.2) is 11.6 Å². The number of anilines is 1. The van der Waals surface area contributed by atoms with Gasteiger partial charge in [0.05, 0.1) is 6.42 Å². The molecule has 1 N–H and O–H groups in total. The monoisotopic (exact) mass is 348 g/mol. The molecule has 1 aliphatic heterocycles.